The monoisotopic (exact) mass is 245 g/mol. The highest BCUT2D eigenvalue weighted by molar-refractivity contribution is 7.98. The van der Waals surface area contributed by atoms with Gasteiger partial charge in [0, 0.05) is 13.1 Å². The molecule has 0 spiro atoms. The largest absolute Gasteiger partial charge is 0.481 e. The van der Waals surface area contributed by atoms with Gasteiger partial charge in [-0.3, -0.25) is 9.59 Å². The Balaban J connectivity index is 2.40. The van der Waals surface area contributed by atoms with E-state index in [9.17, 15) is 9.59 Å². The van der Waals surface area contributed by atoms with E-state index in [2.05, 4.69) is 0 Å². The Morgan fingerprint density at radius 1 is 1.50 bits per heavy atom. The molecule has 1 aliphatic carbocycles. The van der Waals surface area contributed by atoms with Crippen molar-refractivity contribution in [2.75, 3.05) is 19.1 Å². The number of thioether (sulfide) groups is 1. The molecule has 1 amide bonds. The van der Waals surface area contributed by atoms with Gasteiger partial charge in [0.2, 0.25) is 5.91 Å². The van der Waals surface area contributed by atoms with Crippen molar-refractivity contribution >= 4 is 23.6 Å². The van der Waals surface area contributed by atoms with Crippen LogP contribution >= 0.6 is 11.8 Å². The Kier molecular flexibility index (Phi) is 4.65. The summed E-state index contributed by atoms with van der Waals surface area (Å²) in [5.41, 5.74) is 0. The quantitative estimate of drug-likeness (QED) is 0.766. The van der Waals surface area contributed by atoms with Crippen LogP contribution in [0, 0.1) is 11.8 Å². The molecule has 1 rings (SSSR count). The number of amides is 1. The van der Waals surface area contributed by atoms with Gasteiger partial charge in [-0.1, -0.05) is 0 Å². The van der Waals surface area contributed by atoms with Crippen molar-refractivity contribution in [1.29, 1.82) is 0 Å². The topological polar surface area (TPSA) is 57.6 Å². The lowest BCUT2D eigenvalue weighted by Gasteiger charge is -2.24. The van der Waals surface area contributed by atoms with Gasteiger partial charge in [0.05, 0.1) is 11.8 Å². The van der Waals surface area contributed by atoms with E-state index in [1.54, 1.807) is 23.7 Å². The molecule has 1 saturated carbocycles. The average molecular weight is 245 g/mol. The summed E-state index contributed by atoms with van der Waals surface area (Å²) in [4.78, 5) is 24.2. The Bertz CT molecular complexity index is 282. The maximum atomic E-state index is 11.9. The minimum Gasteiger partial charge on any atom is -0.481 e. The number of nitrogens with zero attached hydrogens (tertiary/aromatic N) is 1. The van der Waals surface area contributed by atoms with Crippen molar-refractivity contribution in [2.24, 2.45) is 11.8 Å². The van der Waals surface area contributed by atoms with Gasteiger partial charge in [-0.2, -0.15) is 11.8 Å². The van der Waals surface area contributed by atoms with Crippen molar-refractivity contribution < 1.29 is 14.7 Å². The number of carbonyl (C=O) groups excluding carboxylic acids is 1. The summed E-state index contributed by atoms with van der Waals surface area (Å²) in [5.74, 6) is -0.558. The zero-order valence-corrected chi connectivity index (χ0v) is 10.8. The lowest BCUT2D eigenvalue weighted by Crippen LogP contribution is -2.37. The number of carbonyl (C=O) groups is 2. The molecule has 1 aliphatic rings. The minimum absolute atomic E-state index is 0.0130. The van der Waals surface area contributed by atoms with E-state index in [0.29, 0.717) is 6.42 Å². The maximum Gasteiger partial charge on any atom is 0.307 e. The summed E-state index contributed by atoms with van der Waals surface area (Å²) >= 11 is 1.76. The third-order valence-corrected chi connectivity index (χ3v) is 3.82. The third-order valence-electron chi connectivity index (χ3n) is 3.17. The van der Waals surface area contributed by atoms with Gasteiger partial charge in [0.25, 0.3) is 0 Å². The molecular formula is C11H19NO3S. The SMILES string of the molecule is CSCCC(C)N(C)C(=O)C1CC1C(=O)O. The summed E-state index contributed by atoms with van der Waals surface area (Å²) in [7, 11) is 1.77. The highest BCUT2D eigenvalue weighted by atomic mass is 32.2. The van der Waals surface area contributed by atoms with Crippen LogP contribution in [0.4, 0.5) is 0 Å². The molecule has 3 atom stereocenters. The first-order chi connectivity index (χ1) is 7.49. The maximum absolute atomic E-state index is 11.9. The molecule has 5 heteroatoms. The van der Waals surface area contributed by atoms with Gasteiger partial charge >= 0.3 is 5.97 Å². The molecule has 0 aromatic carbocycles. The Hall–Kier alpha value is -0.710. The smallest absolute Gasteiger partial charge is 0.307 e. The first kappa shape index (κ1) is 13.4. The lowest BCUT2D eigenvalue weighted by atomic mass is 10.2. The van der Waals surface area contributed by atoms with E-state index >= 15 is 0 Å². The van der Waals surface area contributed by atoms with Crippen LogP contribution in [0.3, 0.4) is 0 Å². The molecule has 3 unspecified atom stereocenters. The van der Waals surface area contributed by atoms with Crippen LogP contribution in [-0.2, 0) is 9.59 Å². The molecular weight excluding hydrogens is 226 g/mol. The van der Waals surface area contributed by atoms with Gasteiger partial charge in [0.1, 0.15) is 0 Å². The predicted molar refractivity (Wildman–Crippen MR) is 64.5 cm³/mol. The van der Waals surface area contributed by atoms with Crippen LogP contribution in [0.2, 0.25) is 0 Å². The second-order valence-electron chi connectivity index (χ2n) is 4.37. The van der Waals surface area contributed by atoms with Crippen LogP contribution in [-0.4, -0.2) is 47.0 Å². The highest BCUT2D eigenvalue weighted by Crippen LogP contribution is 2.40. The normalized spacial score (nSPS) is 24.9. The minimum atomic E-state index is -0.844. The zero-order chi connectivity index (χ0) is 12.3. The summed E-state index contributed by atoms with van der Waals surface area (Å²) < 4.78 is 0. The first-order valence-electron chi connectivity index (χ1n) is 5.47. The molecule has 0 aromatic heterocycles. The summed E-state index contributed by atoms with van der Waals surface area (Å²) in [5, 5.41) is 8.76. The van der Waals surface area contributed by atoms with Crippen LogP contribution in [0.5, 0.6) is 0 Å². The Morgan fingerprint density at radius 3 is 2.56 bits per heavy atom. The van der Waals surface area contributed by atoms with Gasteiger partial charge in [-0.25, -0.2) is 0 Å². The van der Waals surface area contributed by atoms with Crippen LogP contribution in [0.15, 0.2) is 0 Å². The fourth-order valence-electron chi connectivity index (χ4n) is 1.70. The van der Waals surface area contributed by atoms with Crippen molar-refractivity contribution in [2.45, 2.75) is 25.8 Å². The van der Waals surface area contributed by atoms with E-state index in [4.69, 9.17) is 5.11 Å². The highest BCUT2D eigenvalue weighted by Gasteiger charge is 2.49. The lowest BCUT2D eigenvalue weighted by molar-refractivity contribution is -0.142. The van der Waals surface area contributed by atoms with Gasteiger partial charge in [0.15, 0.2) is 0 Å². The van der Waals surface area contributed by atoms with Crippen molar-refractivity contribution in [3.05, 3.63) is 0 Å². The molecule has 4 nitrogen and oxygen atoms in total. The number of aliphatic carboxylic acids is 1. The first-order valence-corrected chi connectivity index (χ1v) is 6.86. The van der Waals surface area contributed by atoms with E-state index < -0.39 is 11.9 Å². The number of carboxylic acid groups (broad SMARTS) is 1. The molecule has 0 heterocycles. The van der Waals surface area contributed by atoms with Gasteiger partial charge < -0.3 is 10.0 Å². The standard InChI is InChI=1S/C11H19NO3S/c1-7(4-5-16-3)12(2)10(13)8-6-9(8)11(14)15/h7-9H,4-6H2,1-3H3,(H,14,15). The molecule has 0 radical (unpaired) electrons. The van der Waals surface area contributed by atoms with Crippen LogP contribution in [0.1, 0.15) is 19.8 Å². The van der Waals surface area contributed by atoms with Crippen LogP contribution < -0.4 is 0 Å². The van der Waals surface area contributed by atoms with E-state index in [1.807, 2.05) is 13.2 Å². The second kappa shape index (κ2) is 5.57. The van der Waals surface area contributed by atoms with E-state index in [0.717, 1.165) is 12.2 Å². The van der Waals surface area contributed by atoms with E-state index in [1.165, 1.54) is 0 Å². The second-order valence-corrected chi connectivity index (χ2v) is 5.35. The summed E-state index contributed by atoms with van der Waals surface area (Å²) in [6, 6.07) is 0.190. The fourth-order valence-corrected chi connectivity index (χ4v) is 2.28. The zero-order valence-electron chi connectivity index (χ0n) is 9.97. The van der Waals surface area contributed by atoms with Gasteiger partial charge in [-0.05, 0) is 31.8 Å². The third kappa shape index (κ3) is 3.14. The van der Waals surface area contributed by atoms with Crippen LogP contribution in [0.25, 0.3) is 0 Å². The summed E-state index contributed by atoms with van der Waals surface area (Å²) in [6.07, 6.45) is 3.50. The Morgan fingerprint density at radius 2 is 2.12 bits per heavy atom. The molecule has 0 aliphatic heterocycles. The Labute approximate surface area is 100 Å². The fraction of sp³-hybridized carbons (Fsp3) is 0.818. The summed E-state index contributed by atoms with van der Waals surface area (Å²) in [6.45, 7) is 2.01. The predicted octanol–water partition coefficient (Wildman–Crippen LogP) is 1.31. The number of carboxylic acids is 1. The molecule has 0 saturated heterocycles. The molecule has 0 aromatic rings. The molecule has 16 heavy (non-hydrogen) atoms. The number of hydrogen-bond donors (Lipinski definition) is 1. The molecule has 0 bridgehead atoms. The molecule has 92 valence electrons. The number of hydrogen-bond acceptors (Lipinski definition) is 3. The average Bonchev–Trinajstić information content (AvgIpc) is 3.03. The van der Waals surface area contributed by atoms with E-state index in [-0.39, 0.29) is 17.9 Å². The number of rotatable bonds is 6. The van der Waals surface area contributed by atoms with Crippen molar-refractivity contribution in [1.82, 2.24) is 4.90 Å². The van der Waals surface area contributed by atoms with Crippen molar-refractivity contribution in [3.63, 3.8) is 0 Å². The molecule has 1 fully saturated rings. The van der Waals surface area contributed by atoms with Crippen molar-refractivity contribution in [3.8, 4) is 0 Å². The van der Waals surface area contributed by atoms with Gasteiger partial charge in [-0.15, -0.1) is 0 Å². The molecule has 1 N–H and O–H groups in total.